The first-order valence-corrected chi connectivity index (χ1v) is 6.78. The van der Waals surface area contributed by atoms with Crippen molar-refractivity contribution in [2.45, 2.75) is 12.1 Å². The van der Waals surface area contributed by atoms with Crippen LogP contribution in [-0.4, -0.2) is 22.1 Å². The fourth-order valence-corrected chi connectivity index (χ4v) is 2.62. The number of rotatable bonds is 1. The van der Waals surface area contributed by atoms with E-state index in [-0.39, 0.29) is 12.1 Å². The minimum absolute atomic E-state index is 0.0921. The van der Waals surface area contributed by atoms with E-state index < -0.39 is 0 Å². The van der Waals surface area contributed by atoms with E-state index in [0.717, 1.165) is 26.0 Å². The van der Waals surface area contributed by atoms with Gasteiger partial charge in [-0.15, -0.1) is 0 Å². The van der Waals surface area contributed by atoms with Crippen LogP contribution in [0, 0.1) is 3.83 Å². The third-order valence-electron chi connectivity index (χ3n) is 3.10. The largest absolute Gasteiger partial charge is 0.333 e. The van der Waals surface area contributed by atoms with E-state index in [1.165, 1.54) is 0 Å². The number of imidazole rings is 1. The first kappa shape index (κ1) is 11.9. The topological polar surface area (TPSA) is 80.7 Å². The summed E-state index contributed by atoms with van der Waals surface area (Å²) in [5.41, 5.74) is 16.0. The van der Waals surface area contributed by atoms with E-state index in [1.54, 1.807) is 0 Å². The lowest BCUT2D eigenvalue weighted by atomic mass is 9.94. The van der Waals surface area contributed by atoms with Gasteiger partial charge in [-0.1, -0.05) is 24.3 Å². The molecule has 2 atom stereocenters. The van der Waals surface area contributed by atoms with E-state index in [9.17, 15) is 0 Å². The van der Waals surface area contributed by atoms with Gasteiger partial charge in [0.05, 0.1) is 11.0 Å². The van der Waals surface area contributed by atoms with Crippen LogP contribution in [0.15, 0.2) is 36.4 Å². The minimum Gasteiger partial charge on any atom is -0.333 e. The number of aromatic nitrogens is 2. The number of fused-ring (bicyclic) bond motifs is 1. The Morgan fingerprint density at radius 2 is 2.06 bits per heavy atom. The number of allylic oxidation sites excluding steroid dienone is 2. The lowest BCUT2D eigenvalue weighted by molar-refractivity contribution is 0.701. The summed E-state index contributed by atoms with van der Waals surface area (Å²) in [4.78, 5) is 7.60. The Bertz CT molecular complexity index is 656. The maximum absolute atomic E-state index is 5.95. The van der Waals surface area contributed by atoms with Gasteiger partial charge in [0, 0.05) is 12.1 Å². The number of nitrogens with one attached hydrogen (secondary N) is 1. The molecular formula is C13H13IN4. The molecule has 3 rings (SSSR count). The summed E-state index contributed by atoms with van der Waals surface area (Å²) < 4.78 is 0.895. The van der Waals surface area contributed by atoms with Crippen LogP contribution in [0.4, 0.5) is 0 Å². The van der Waals surface area contributed by atoms with Gasteiger partial charge < -0.3 is 16.5 Å². The molecule has 1 heterocycles. The van der Waals surface area contributed by atoms with Gasteiger partial charge in [-0.05, 0) is 45.9 Å². The molecule has 4 nitrogen and oxygen atoms in total. The highest BCUT2D eigenvalue weighted by Crippen LogP contribution is 2.24. The summed E-state index contributed by atoms with van der Waals surface area (Å²) in [6.07, 6.45) is 5.98. The lowest BCUT2D eigenvalue weighted by Gasteiger charge is -2.19. The molecule has 0 radical (unpaired) electrons. The number of H-pyrrole nitrogens is 1. The zero-order valence-electron chi connectivity index (χ0n) is 9.60. The number of benzene rings is 1. The van der Waals surface area contributed by atoms with E-state index in [2.05, 4.69) is 44.7 Å². The Morgan fingerprint density at radius 3 is 2.83 bits per heavy atom. The number of hydrogen-bond donors (Lipinski definition) is 3. The van der Waals surface area contributed by atoms with Gasteiger partial charge in [-0.2, -0.15) is 0 Å². The average molecular weight is 352 g/mol. The van der Waals surface area contributed by atoms with Gasteiger partial charge in [0.1, 0.15) is 0 Å². The molecule has 1 aromatic carbocycles. The Hall–Kier alpha value is -1.18. The molecule has 0 fully saturated rings. The van der Waals surface area contributed by atoms with Crippen LogP contribution >= 0.6 is 22.6 Å². The van der Waals surface area contributed by atoms with Crippen molar-refractivity contribution < 1.29 is 0 Å². The number of nitrogens with zero attached hydrogens (tertiary/aromatic N) is 1. The average Bonchev–Trinajstić information content (AvgIpc) is 2.71. The van der Waals surface area contributed by atoms with E-state index in [0.29, 0.717) is 0 Å². The van der Waals surface area contributed by atoms with Crippen molar-refractivity contribution in [2.75, 3.05) is 0 Å². The Morgan fingerprint density at radius 1 is 1.22 bits per heavy atom. The van der Waals surface area contributed by atoms with E-state index in [1.807, 2.05) is 24.3 Å². The predicted molar refractivity (Wildman–Crippen MR) is 81.9 cm³/mol. The molecule has 18 heavy (non-hydrogen) atoms. The monoisotopic (exact) mass is 352 g/mol. The van der Waals surface area contributed by atoms with Gasteiger partial charge in [-0.25, -0.2) is 4.98 Å². The lowest BCUT2D eigenvalue weighted by Crippen LogP contribution is -2.39. The second-order valence-corrected chi connectivity index (χ2v) is 5.42. The molecule has 2 aromatic rings. The van der Waals surface area contributed by atoms with Gasteiger partial charge in [-0.3, -0.25) is 0 Å². The van der Waals surface area contributed by atoms with Crippen LogP contribution in [0.25, 0.3) is 16.6 Å². The van der Waals surface area contributed by atoms with Gasteiger partial charge >= 0.3 is 0 Å². The third-order valence-corrected chi connectivity index (χ3v) is 3.61. The molecule has 1 aromatic heterocycles. The van der Waals surface area contributed by atoms with Gasteiger partial charge in [0.15, 0.2) is 3.83 Å². The Labute approximate surface area is 118 Å². The molecule has 5 heteroatoms. The van der Waals surface area contributed by atoms with Crippen LogP contribution in [0.5, 0.6) is 0 Å². The molecule has 0 spiro atoms. The molecule has 1 aliphatic rings. The molecule has 0 saturated heterocycles. The molecule has 0 aliphatic heterocycles. The molecular weight excluding hydrogens is 339 g/mol. The first-order chi connectivity index (χ1) is 8.63. The maximum atomic E-state index is 5.95. The molecule has 92 valence electrons. The quantitative estimate of drug-likeness (QED) is 0.685. The zero-order chi connectivity index (χ0) is 12.7. The van der Waals surface area contributed by atoms with Crippen LogP contribution in [0.1, 0.15) is 5.56 Å². The fraction of sp³-hybridized carbons (Fsp3) is 0.154. The second-order valence-electron chi connectivity index (χ2n) is 4.40. The molecule has 0 amide bonds. The Kier molecular flexibility index (Phi) is 2.96. The molecule has 5 N–H and O–H groups in total. The highest BCUT2D eigenvalue weighted by atomic mass is 127. The Balaban J connectivity index is 2.04. The number of aromatic amines is 1. The maximum Gasteiger partial charge on any atom is 0.169 e. The second kappa shape index (κ2) is 4.49. The van der Waals surface area contributed by atoms with Crippen LogP contribution in [-0.2, 0) is 0 Å². The summed E-state index contributed by atoms with van der Waals surface area (Å²) in [7, 11) is 0. The van der Waals surface area contributed by atoms with Crippen molar-refractivity contribution in [3.63, 3.8) is 0 Å². The highest BCUT2D eigenvalue weighted by molar-refractivity contribution is 14.1. The van der Waals surface area contributed by atoms with Gasteiger partial charge in [0.2, 0.25) is 0 Å². The fourth-order valence-electron chi connectivity index (χ4n) is 2.07. The highest BCUT2D eigenvalue weighted by Gasteiger charge is 2.14. The van der Waals surface area contributed by atoms with Crippen molar-refractivity contribution >= 4 is 39.2 Å². The van der Waals surface area contributed by atoms with E-state index >= 15 is 0 Å². The number of nitrogens with two attached hydrogens (primary N) is 2. The summed E-state index contributed by atoms with van der Waals surface area (Å²) in [5.74, 6) is 0. The van der Waals surface area contributed by atoms with E-state index in [4.69, 9.17) is 11.5 Å². The van der Waals surface area contributed by atoms with Crippen molar-refractivity contribution in [3.05, 3.63) is 45.8 Å². The molecule has 2 unspecified atom stereocenters. The predicted octanol–water partition coefficient (Wildman–Crippen LogP) is 1.78. The smallest absolute Gasteiger partial charge is 0.169 e. The van der Waals surface area contributed by atoms with Crippen molar-refractivity contribution in [2.24, 2.45) is 11.5 Å². The molecule has 0 bridgehead atoms. The standard InChI is InChI=1S/C13H13IN4/c14-13-17-11-4-2-8(6-12(11)18-13)7-1-3-9(15)10(16)5-7/h1-6,9-10H,15-16H2,(H,17,18). The SMILES string of the molecule is NC1C=CC(c2ccc3nc(I)[nH]c3c2)=CC1N. The van der Waals surface area contributed by atoms with Crippen LogP contribution in [0.2, 0.25) is 0 Å². The molecule has 1 aliphatic carbocycles. The number of hydrogen-bond acceptors (Lipinski definition) is 3. The number of halogens is 1. The van der Waals surface area contributed by atoms with Crippen LogP contribution in [0.3, 0.4) is 0 Å². The summed E-state index contributed by atoms with van der Waals surface area (Å²) in [6, 6.07) is 5.94. The third kappa shape index (κ3) is 2.09. The normalized spacial score (nSPS) is 23.4. The zero-order valence-corrected chi connectivity index (χ0v) is 11.8. The summed E-state index contributed by atoms with van der Waals surface area (Å²) >= 11 is 2.17. The minimum atomic E-state index is -0.123. The first-order valence-electron chi connectivity index (χ1n) is 5.70. The summed E-state index contributed by atoms with van der Waals surface area (Å²) in [5, 5.41) is 0. The van der Waals surface area contributed by atoms with Crippen LogP contribution < -0.4 is 11.5 Å². The summed E-state index contributed by atoms with van der Waals surface area (Å²) in [6.45, 7) is 0. The van der Waals surface area contributed by atoms with Crippen molar-refractivity contribution in [3.8, 4) is 0 Å². The van der Waals surface area contributed by atoms with Crippen molar-refractivity contribution in [1.29, 1.82) is 0 Å². The van der Waals surface area contributed by atoms with Crippen molar-refractivity contribution in [1.82, 2.24) is 9.97 Å². The molecule has 0 saturated carbocycles. The van der Waals surface area contributed by atoms with Gasteiger partial charge in [0.25, 0.3) is 0 Å².